The van der Waals surface area contributed by atoms with E-state index in [1.54, 1.807) is 41.7 Å². The molecule has 4 heterocycles. The summed E-state index contributed by atoms with van der Waals surface area (Å²) >= 11 is 0. The van der Waals surface area contributed by atoms with Crippen molar-refractivity contribution in [2.24, 2.45) is 29.1 Å². The van der Waals surface area contributed by atoms with Crippen LogP contribution in [-0.2, 0) is 14.8 Å². The van der Waals surface area contributed by atoms with Gasteiger partial charge in [-0.15, -0.1) is 0 Å². The number of hydrogen-bond acceptors (Lipinski definition) is 11. The summed E-state index contributed by atoms with van der Waals surface area (Å²) in [7, 11) is -4.54. The molecule has 2 aliphatic heterocycles. The van der Waals surface area contributed by atoms with Gasteiger partial charge in [0.1, 0.15) is 22.8 Å². The highest BCUT2D eigenvalue weighted by Crippen LogP contribution is 2.50. The molecule has 2 aromatic heterocycles. The maximum atomic E-state index is 13.9. The van der Waals surface area contributed by atoms with E-state index in [2.05, 4.69) is 57.5 Å². The van der Waals surface area contributed by atoms with E-state index in [4.69, 9.17) is 9.47 Å². The smallest absolute Gasteiger partial charge is 0.293 e. The lowest BCUT2D eigenvalue weighted by atomic mass is 9.61. The van der Waals surface area contributed by atoms with Crippen molar-refractivity contribution in [3.63, 3.8) is 0 Å². The van der Waals surface area contributed by atoms with Crippen LogP contribution < -0.4 is 19.7 Å². The Morgan fingerprint density at radius 3 is 2.57 bits per heavy atom. The molecule has 0 spiro atoms. The maximum Gasteiger partial charge on any atom is 0.293 e. The van der Waals surface area contributed by atoms with Crippen molar-refractivity contribution >= 4 is 44.0 Å². The fourth-order valence-electron chi connectivity index (χ4n) is 9.42. The van der Waals surface area contributed by atoms with E-state index in [0.717, 1.165) is 80.5 Å². The summed E-state index contributed by atoms with van der Waals surface area (Å²) in [6.45, 7) is 15.7. The van der Waals surface area contributed by atoms with Crippen molar-refractivity contribution in [3.05, 3.63) is 87.7 Å². The van der Waals surface area contributed by atoms with Crippen molar-refractivity contribution in [3.8, 4) is 11.5 Å². The predicted octanol–water partition coefficient (Wildman–Crippen LogP) is 8.53. The van der Waals surface area contributed by atoms with Gasteiger partial charge in [-0.1, -0.05) is 38.8 Å². The number of aromatic nitrogens is 2. The SMILES string of the molecule is CC(C)C1CC(C2=C(CN3CCN(c4ccc(C(=O)NS(=O)(=O)c5ccc(NCC6CCOCC6)c([N+](=O)[O-])c5)c(Oc5cnc6[nH]ccc6c5)c4)CC3)CCC(C)(C)C2)C1. The van der Waals surface area contributed by atoms with Gasteiger partial charge in [0.2, 0.25) is 0 Å². The number of anilines is 2. The first-order chi connectivity index (χ1) is 29.2. The number of H-pyrrole nitrogens is 1. The van der Waals surface area contributed by atoms with Gasteiger partial charge in [0.05, 0.1) is 21.6 Å². The summed E-state index contributed by atoms with van der Waals surface area (Å²) in [5, 5.41) is 16.0. The third-order valence-electron chi connectivity index (χ3n) is 13.4. The molecule has 3 N–H and O–H groups in total. The number of aromatic amines is 1. The fourth-order valence-corrected chi connectivity index (χ4v) is 10.4. The minimum Gasteiger partial charge on any atom is -0.455 e. The van der Waals surface area contributed by atoms with Crippen molar-refractivity contribution in [2.45, 2.75) is 77.5 Å². The quantitative estimate of drug-likeness (QED) is 0.0631. The summed E-state index contributed by atoms with van der Waals surface area (Å²) < 4.78 is 41.2. The number of nitrogens with one attached hydrogen (secondary N) is 3. The minimum atomic E-state index is -4.54. The Morgan fingerprint density at radius 2 is 1.84 bits per heavy atom. The number of piperazine rings is 1. The molecule has 0 radical (unpaired) electrons. The predicted molar refractivity (Wildman–Crippen MR) is 237 cm³/mol. The Hall–Kier alpha value is -4.99. The second-order valence-corrected chi connectivity index (χ2v) is 20.3. The molecule has 2 aromatic carbocycles. The normalized spacial score (nSPS) is 21.4. The Kier molecular flexibility index (Phi) is 12.4. The topological polar surface area (TPSA) is 172 Å². The number of rotatable bonds is 14. The van der Waals surface area contributed by atoms with E-state index in [9.17, 15) is 23.3 Å². The second-order valence-electron chi connectivity index (χ2n) is 18.6. The van der Waals surface area contributed by atoms with Crippen LogP contribution in [0.4, 0.5) is 17.1 Å². The second kappa shape index (κ2) is 17.8. The molecule has 15 heteroatoms. The number of carbonyl (C=O) groups is 1. The molecule has 1 amide bonds. The molecule has 2 saturated heterocycles. The highest BCUT2D eigenvalue weighted by molar-refractivity contribution is 7.90. The van der Waals surface area contributed by atoms with Gasteiger partial charge in [0.25, 0.3) is 21.6 Å². The third kappa shape index (κ3) is 9.89. The van der Waals surface area contributed by atoms with E-state index >= 15 is 0 Å². The highest BCUT2D eigenvalue weighted by atomic mass is 32.2. The number of hydrogen-bond donors (Lipinski definition) is 3. The first kappa shape index (κ1) is 42.7. The van der Waals surface area contributed by atoms with Crippen LogP contribution in [0.15, 0.2) is 77.0 Å². The van der Waals surface area contributed by atoms with Crippen LogP contribution in [0, 0.1) is 39.2 Å². The van der Waals surface area contributed by atoms with E-state index in [-0.39, 0.29) is 22.9 Å². The summed E-state index contributed by atoms with van der Waals surface area (Å²) in [6, 6.07) is 12.4. The highest BCUT2D eigenvalue weighted by Gasteiger charge is 2.39. The zero-order valence-electron chi connectivity index (χ0n) is 35.7. The number of fused-ring (bicyclic) bond motifs is 1. The van der Waals surface area contributed by atoms with Crippen LogP contribution in [-0.4, -0.2) is 86.6 Å². The van der Waals surface area contributed by atoms with Gasteiger partial charge in [0.15, 0.2) is 0 Å². The Morgan fingerprint density at radius 1 is 1.07 bits per heavy atom. The molecule has 14 nitrogen and oxygen atoms in total. The van der Waals surface area contributed by atoms with Crippen LogP contribution in [0.25, 0.3) is 11.0 Å². The number of sulfonamides is 1. The molecule has 61 heavy (non-hydrogen) atoms. The number of benzene rings is 2. The van der Waals surface area contributed by atoms with E-state index < -0.39 is 31.4 Å². The number of nitro benzene ring substituents is 1. The van der Waals surface area contributed by atoms with Gasteiger partial charge < -0.3 is 24.7 Å². The van der Waals surface area contributed by atoms with E-state index in [0.29, 0.717) is 36.6 Å². The molecule has 4 aliphatic rings. The number of pyridine rings is 1. The van der Waals surface area contributed by atoms with E-state index in [1.165, 1.54) is 44.2 Å². The largest absolute Gasteiger partial charge is 0.455 e. The number of ether oxygens (including phenoxy) is 2. The van der Waals surface area contributed by atoms with Gasteiger partial charge in [-0.05, 0) is 110 Å². The molecule has 1 saturated carbocycles. The molecule has 3 fully saturated rings. The van der Waals surface area contributed by atoms with Crippen LogP contribution in [0.2, 0.25) is 0 Å². The third-order valence-corrected chi connectivity index (χ3v) is 14.8. The molecule has 0 bridgehead atoms. The number of carbonyl (C=O) groups excluding carboxylic acids is 1. The Labute approximate surface area is 358 Å². The monoisotopic (exact) mass is 853 g/mol. The lowest BCUT2D eigenvalue weighted by molar-refractivity contribution is -0.384. The van der Waals surface area contributed by atoms with Crippen LogP contribution in [0.5, 0.6) is 11.5 Å². The Balaban J connectivity index is 0.987. The molecule has 0 atom stereocenters. The first-order valence-electron chi connectivity index (χ1n) is 21.8. The maximum absolute atomic E-state index is 13.9. The van der Waals surface area contributed by atoms with Crippen LogP contribution in [0.3, 0.4) is 0 Å². The van der Waals surface area contributed by atoms with Gasteiger partial charge in [-0.25, -0.2) is 18.1 Å². The molecule has 4 aromatic rings. The van der Waals surface area contributed by atoms with Crippen molar-refractivity contribution in [2.75, 3.05) is 62.7 Å². The fraction of sp³-hybridized carbons (Fsp3) is 0.522. The standard InChI is InChI=1S/C46H59N7O7S/c1-30(2)34-21-35(22-34)40-26-46(3,4)13-9-33(40)29-51-15-17-52(18-16-51)36-5-7-39(43(24-36)60-37-23-32-10-14-47-44(32)49-28-37)45(54)50-61(57,58)38-6-8-41(42(25-38)53(55)56)48-27-31-11-19-59-20-12-31/h5-8,10,14,23-25,28,30-31,34-35,48H,9,11-13,15-22,26-27,29H2,1-4H3,(H,47,49)(H,50,54). The zero-order valence-corrected chi connectivity index (χ0v) is 36.6. The molecule has 8 rings (SSSR count). The molecule has 0 unspecified atom stereocenters. The molecule has 326 valence electrons. The summed E-state index contributed by atoms with van der Waals surface area (Å²) in [6.07, 6.45) is 11.2. The summed E-state index contributed by atoms with van der Waals surface area (Å²) in [5.74, 6) is 2.19. The molecular formula is C46H59N7O7S. The minimum absolute atomic E-state index is 0.0141. The summed E-state index contributed by atoms with van der Waals surface area (Å²) in [5.41, 5.74) is 5.05. The lowest BCUT2D eigenvalue weighted by Gasteiger charge is -2.46. The van der Waals surface area contributed by atoms with Crippen LogP contribution >= 0.6 is 0 Å². The van der Waals surface area contributed by atoms with Gasteiger partial charge >= 0.3 is 0 Å². The molecule has 2 aliphatic carbocycles. The number of nitrogens with zero attached hydrogens (tertiary/aromatic N) is 4. The van der Waals surface area contributed by atoms with Crippen molar-refractivity contribution < 1.29 is 27.6 Å². The molecular weight excluding hydrogens is 795 g/mol. The number of allylic oxidation sites excluding steroid dienone is 1. The van der Waals surface area contributed by atoms with Crippen LogP contribution in [0.1, 0.15) is 83.0 Å². The van der Waals surface area contributed by atoms with Crippen molar-refractivity contribution in [1.29, 1.82) is 0 Å². The van der Waals surface area contributed by atoms with Gasteiger partial charge in [-0.3, -0.25) is 19.8 Å². The zero-order chi connectivity index (χ0) is 42.9. The number of nitro groups is 1. The average molecular weight is 854 g/mol. The van der Waals surface area contributed by atoms with Gasteiger partial charge in [0, 0.05) is 81.9 Å². The Bertz CT molecular complexity index is 2390. The lowest BCUT2D eigenvalue weighted by Crippen LogP contribution is -2.47. The number of amides is 1. The van der Waals surface area contributed by atoms with E-state index in [1.807, 2.05) is 12.1 Å². The van der Waals surface area contributed by atoms with Crippen molar-refractivity contribution in [1.82, 2.24) is 19.6 Å². The van der Waals surface area contributed by atoms with Gasteiger partial charge in [-0.2, -0.15) is 0 Å². The summed E-state index contributed by atoms with van der Waals surface area (Å²) in [4.78, 5) is 37.3. The first-order valence-corrected chi connectivity index (χ1v) is 23.3. The average Bonchev–Trinajstić information content (AvgIpc) is 3.69.